The Hall–Kier alpha value is -1.03. The molecule has 0 bridgehead atoms. The van der Waals surface area contributed by atoms with Gasteiger partial charge in [0.2, 0.25) is 0 Å². The number of fused-ring (bicyclic) bond motifs is 1. The number of hydrogen-bond acceptors (Lipinski definition) is 2. The van der Waals surface area contributed by atoms with E-state index in [0.29, 0.717) is 12.5 Å². The number of aryl methyl sites for hydroxylation is 1. The number of nitrogens with zero attached hydrogens (tertiary/aromatic N) is 1. The Kier molecular flexibility index (Phi) is 2.69. The van der Waals surface area contributed by atoms with E-state index in [0.717, 1.165) is 30.5 Å². The lowest BCUT2D eigenvalue weighted by atomic mass is 9.88. The van der Waals surface area contributed by atoms with Gasteiger partial charge in [0.15, 0.2) is 0 Å². The molecule has 0 fully saturated rings. The van der Waals surface area contributed by atoms with Gasteiger partial charge in [-0.2, -0.15) is 0 Å². The first-order chi connectivity index (χ1) is 7.13. The van der Waals surface area contributed by atoms with Gasteiger partial charge in [0, 0.05) is 17.3 Å². The van der Waals surface area contributed by atoms with Crippen LogP contribution < -0.4 is 11.3 Å². The lowest BCUT2D eigenvalue weighted by Crippen LogP contribution is -2.26. The van der Waals surface area contributed by atoms with Crippen molar-refractivity contribution in [2.45, 2.75) is 39.2 Å². The molecule has 1 aliphatic carbocycles. The van der Waals surface area contributed by atoms with Gasteiger partial charge in [0.05, 0.1) is 0 Å². The molecule has 0 radical (unpaired) electrons. The molecule has 1 aromatic rings. The van der Waals surface area contributed by atoms with E-state index in [2.05, 4.69) is 5.10 Å². The first kappa shape index (κ1) is 10.5. The minimum Gasteiger partial charge on any atom is -0.330 e. The van der Waals surface area contributed by atoms with Crippen LogP contribution in [-0.2, 0) is 12.8 Å². The average molecular weight is 209 g/mol. The van der Waals surface area contributed by atoms with Crippen LogP contribution in [0, 0.1) is 5.92 Å². The van der Waals surface area contributed by atoms with E-state index < -0.39 is 0 Å². The summed E-state index contributed by atoms with van der Waals surface area (Å²) in [6, 6.07) is 0.208. The van der Waals surface area contributed by atoms with Crippen LogP contribution in [0.25, 0.3) is 0 Å². The second-order valence-electron chi connectivity index (χ2n) is 4.68. The monoisotopic (exact) mass is 209 g/mol. The van der Waals surface area contributed by atoms with Gasteiger partial charge in [-0.1, -0.05) is 0 Å². The maximum Gasteiger partial charge on any atom is 0.270 e. The molecule has 84 valence electrons. The summed E-state index contributed by atoms with van der Waals surface area (Å²) in [5, 5.41) is 3.21. The van der Waals surface area contributed by atoms with Crippen LogP contribution in [0.1, 0.15) is 37.6 Å². The summed E-state index contributed by atoms with van der Waals surface area (Å²) in [5.74, 6) is 0.488. The lowest BCUT2D eigenvalue weighted by Gasteiger charge is -2.18. The Balaban J connectivity index is 2.38. The zero-order chi connectivity index (χ0) is 11.0. The molecule has 1 unspecified atom stereocenters. The molecular formula is C11H19N3O. The van der Waals surface area contributed by atoms with E-state index in [1.807, 2.05) is 13.8 Å². The highest BCUT2D eigenvalue weighted by atomic mass is 16.1. The van der Waals surface area contributed by atoms with Crippen molar-refractivity contribution in [3.63, 3.8) is 0 Å². The topological polar surface area (TPSA) is 63.8 Å². The normalized spacial score (nSPS) is 20.7. The second kappa shape index (κ2) is 3.85. The van der Waals surface area contributed by atoms with E-state index in [1.165, 1.54) is 0 Å². The summed E-state index contributed by atoms with van der Waals surface area (Å²) < 4.78 is 1.73. The van der Waals surface area contributed by atoms with Gasteiger partial charge in [0.1, 0.15) is 0 Å². The van der Waals surface area contributed by atoms with Crippen LogP contribution in [0.2, 0.25) is 0 Å². The van der Waals surface area contributed by atoms with Gasteiger partial charge in [-0.05, 0) is 45.6 Å². The van der Waals surface area contributed by atoms with Crippen molar-refractivity contribution in [3.8, 4) is 0 Å². The number of nitrogens with two attached hydrogens (primary N) is 1. The van der Waals surface area contributed by atoms with Crippen LogP contribution >= 0.6 is 0 Å². The van der Waals surface area contributed by atoms with E-state index in [4.69, 9.17) is 5.73 Å². The largest absolute Gasteiger partial charge is 0.330 e. The van der Waals surface area contributed by atoms with Gasteiger partial charge in [0.25, 0.3) is 5.56 Å². The van der Waals surface area contributed by atoms with E-state index in [-0.39, 0.29) is 11.6 Å². The first-order valence-corrected chi connectivity index (χ1v) is 5.65. The third-order valence-electron chi connectivity index (χ3n) is 3.24. The molecule has 1 heterocycles. The molecule has 0 aliphatic heterocycles. The number of aromatic nitrogens is 2. The first-order valence-electron chi connectivity index (χ1n) is 5.65. The summed E-state index contributed by atoms with van der Waals surface area (Å²) in [4.78, 5) is 12.0. The Labute approximate surface area is 89.5 Å². The fourth-order valence-electron chi connectivity index (χ4n) is 2.26. The quantitative estimate of drug-likeness (QED) is 0.757. The Morgan fingerprint density at radius 1 is 1.60 bits per heavy atom. The Morgan fingerprint density at radius 3 is 2.93 bits per heavy atom. The van der Waals surface area contributed by atoms with Gasteiger partial charge >= 0.3 is 0 Å². The highest BCUT2D eigenvalue weighted by molar-refractivity contribution is 5.21. The number of rotatable bonds is 2. The fraction of sp³-hybridized carbons (Fsp3) is 0.727. The van der Waals surface area contributed by atoms with Crippen molar-refractivity contribution >= 4 is 0 Å². The Bertz CT molecular complexity index is 402. The molecule has 0 amide bonds. The van der Waals surface area contributed by atoms with E-state index in [1.54, 1.807) is 4.68 Å². The van der Waals surface area contributed by atoms with Crippen molar-refractivity contribution in [3.05, 3.63) is 21.6 Å². The standard InChI is InChI=1S/C11H19N3O/c1-7(2)14-11(15)9-5-8(6-12)3-4-10(9)13-14/h7-8,13H,3-6,12H2,1-2H3. The molecule has 3 N–H and O–H groups in total. The van der Waals surface area contributed by atoms with Gasteiger partial charge in [-0.3, -0.25) is 14.6 Å². The second-order valence-corrected chi connectivity index (χ2v) is 4.68. The minimum absolute atomic E-state index is 0.151. The summed E-state index contributed by atoms with van der Waals surface area (Å²) in [5.41, 5.74) is 7.90. The molecule has 1 aliphatic rings. The van der Waals surface area contributed by atoms with Crippen molar-refractivity contribution in [1.82, 2.24) is 9.78 Å². The predicted molar refractivity (Wildman–Crippen MR) is 60.0 cm³/mol. The molecule has 0 saturated carbocycles. The van der Waals surface area contributed by atoms with Gasteiger partial charge < -0.3 is 5.73 Å². The minimum atomic E-state index is 0.151. The Morgan fingerprint density at radius 2 is 2.33 bits per heavy atom. The molecule has 0 aromatic carbocycles. The maximum atomic E-state index is 12.0. The van der Waals surface area contributed by atoms with Crippen molar-refractivity contribution in [1.29, 1.82) is 0 Å². The van der Waals surface area contributed by atoms with Gasteiger partial charge in [-0.15, -0.1) is 0 Å². The maximum absolute atomic E-state index is 12.0. The lowest BCUT2D eigenvalue weighted by molar-refractivity contribution is 0.464. The average Bonchev–Trinajstić information content (AvgIpc) is 2.56. The summed E-state index contributed by atoms with van der Waals surface area (Å²) in [6.07, 6.45) is 2.91. The molecule has 0 saturated heterocycles. The highest BCUT2D eigenvalue weighted by Gasteiger charge is 2.23. The zero-order valence-electron chi connectivity index (χ0n) is 9.42. The smallest absolute Gasteiger partial charge is 0.270 e. The van der Waals surface area contributed by atoms with Crippen molar-refractivity contribution < 1.29 is 0 Å². The third-order valence-corrected chi connectivity index (χ3v) is 3.24. The number of nitrogens with one attached hydrogen (secondary N) is 1. The van der Waals surface area contributed by atoms with Crippen molar-refractivity contribution in [2.24, 2.45) is 11.7 Å². The number of aromatic amines is 1. The molecule has 0 spiro atoms. The molecule has 4 nitrogen and oxygen atoms in total. The van der Waals surface area contributed by atoms with E-state index in [9.17, 15) is 4.79 Å². The van der Waals surface area contributed by atoms with Crippen molar-refractivity contribution in [2.75, 3.05) is 6.54 Å². The molecule has 2 rings (SSSR count). The molecule has 1 aromatic heterocycles. The van der Waals surface area contributed by atoms with Crippen LogP contribution in [-0.4, -0.2) is 16.3 Å². The van der Waals surface area contributed by atoms with Crippen LogP contribution in [0.5, 0.6) is 0 Å². The number of hydrogen-bond donors (Lipinski definition) is 2. The van der Waals surface area contributed by atoms with Crippen LogP contribution in [0.15, 0.2) is 4.79 Å². The molecule has 4 heteroatoms. The molecule has 1 atom stereocenters. The highest BCUT2D eigenvalue weighted by Crippen LogP contribution is 2.21. The van der Waals surface area contributed by atoms with Crippen LogP contribution in [0.3, 0.4) is 0 Å². The summed E-state index contributed by atoms with van der Waals surface area (Å²) in [7, 11) is 0. The SMILES string of the molecule is CC(C)n1[nH]c2c(c1=O)CC(CN)CC2. The zero-order valence-corrected chi connectivity index (χ0v) is 9.42. The summed E-state index contributed by atoms with van der Waals surface area (Å²) in [6.45, 7) is 4.72. The van der Waals surface area contributed by atoms with Crippen LogP contribution in [0.4, 0.5) is 0 Å². The molecule has 15 heavy (non-hydrogen) atoms. The summed E-state index contributed by atoms with van der Waals surface area (Å²) >= 11 is 0. The van der Waals surface area contributed by atoms with Gasteiger partial charge in [-0.25, -0.2) is 0 Å². The number of H-pyrrole nitrogens is 1. The van der Waals surface area contributed by atoms with E-state index >= 15 is 0 Å². The predicted octanol–water partition coefficient (Wildman–Crippen LogP) is 0.821. The molecular weight excluding hydrogens is 190 g/mol. The third kappa shape index (κ3) is 1.74. The fourth-order valence-corrected chi connectivity index (χ4v) is 2.26.